The smallest absolute Gasteiger partial charge is 0.338 e. The van der Waals surface area contributed by atoms with E-state index in [1.54, 1.807) is 12.1 Å². The molecule has 1 N–H and O–H groups in total. The van der Waals surface area contributed by atoms with Gasteiger partial charge >= 0.3 is 5.97 Å². The van der Waals surface area contributed by atoms with E-state index in [-0.39, 0.29) is 5.70 Å². The van der Waals surface area contributed by atoms with Gasteiger partial charge in [0.1, 0.15) is 5.70 Å². The highest BCUT2D eigenvalue weighted by Gasteiger charge is 2.05. The quantitative estimate of drug-likeness (QED) is 0.397. The third kappa shape index (κ3) is 2.88. The lowest BCUT2D eigenvalue weighted by Gasteiger charge is -1.89. The lowest BCUT2D eigenvalue weighted by molar-refractivity contribution is -0.132. The number of hydrogen-bond donors (Lipinski definition) is 1. The van der Waals surface area contributed by atoms with E-state index in [9.17, 15) is 4.79 Å². The van der Waals surface area contributed by atoms with Gasteiger partial charge in [-0.25, -0.2) is 4.79 Å². The first kappa shape index (κ1) is 10.8. The number of nitrogens with zero attached hydrogens (tertiary/aromatic N) is 3. The van der Waals surface area contributed by atoms with Crippen molar-refractivity contribution in [2.45, 2.75) is 0 Å². The van der Waals surface area contributed by atoms with Crippen molar-refractivity contribution in [1.29, 1.82) is 0 Å². The lowest BCUT2D eigenvalue weighted by Crippen LogP contribution is -1.95. The van der Waals surface area contributed by atoms with Crippen LogP contribution in [0.1, 0.15) is 4.88 Å². The van der Waals surface area contributed by atoms with Crippen LogP contribution in [0.2, 0.25) is 0 Å². The van der Waals surface area contributed by atoms with Gasteiger partial charge in [0, 0.05) is 9.79 Å². The second-order valence-corrected chi connectivity index (χ2v) is 4.66. The third-order valence-corrected chi connectivity index (χ3v) is 2.82. The molecule has 0 saturated heterocycles. The zero-order valence-electron chi connectivity index (χ0n) is 6.72. The number of rotatable bonds is 3. The average Bonchev–Trinajstić information content (AvgIpc) is 2.50. The first-order valence-electron chi connectivity index (χ1n) is 3.39. The molecular formula is C7H4BrN3O2S. The van der Waals surface area contributed by atoms with Gasteiger partial charge in [-0.2, -0.15) is 0 Å². The minimum Gasteiger partial charge on any atom is -0.478 e. The van der Waals surface area contributed by atoms with Gasteiger partial charge < -0.3 is 5.11 Å². The van der Waals surface area contributed by atoms with E-state index in [1.807, 2.05) is 0 Å². The second kappa shape index (κ2) is 4.80. The van der Waals surface area contributed by atoms with E-state index in [0.717, 1.165) is 3.79 Å². The number of carbonyl (C=O) groups is 1. The van der Waals surface area contributed by atoms with Crippen LogP contribution in [-0.2, 0) is 4.79 Å². The van der Waals surface area contributed by atoms with Crippen molar-refractivity contribution < 1.29 is 9.90 Å². The molecule has 0 aromatic carbocycles. The predicted molar refractivity (Wildman–Crippen MR) is 56.8 cm³/mol. The molecule has 1 rings (SSSR count). The highest BCUT2D eigenvalue weighted by atomic mass is 79.9. The van der Waals surface area contributed by atoms with Crippen molar-refractivity contribution in [3.05, 3.63) is 36.9 Å². The van der Waals surface area contributed by atoms with Gasteiger partial charge in [0.15, 0.2) is 0 Å². The largest absolute Gasteiger partial charge is 0.478 e. The fourth-order valence-electron chi connectivity index (χ4n) is 0.722. The highest BCUT2D eigenvalue weighted by Crippen LogP contribution is 2.24. The summed E-state index contributed by atoms with van der Waals surface area (Å²) < 4.78 is 0.884. The molecule has 72 valence electrons. The molecule has 0 saturated carbocycles. The topological polar surface area (TPSA) is 86.1 Å². The Morgan fingerprint density at radius 2 is 2.43 bits per heavy atom. The fourth-order valence-corrected chi connectivity index (χ4v) is 2.08. The minimum atomic E-state index is -1.24. The molecule has 0 fully saturated rings. The molecule has 0 spiro atoms. The summed E-state index contributed by atoms with van der Waals surface area (Å²) in [5.74, 6) is -1.24. The fraction of sp³-hybridized carbons (Fsp3) is 0. The van der Waals surface area contributed by atoms with E-state index < -0.39 is 5.97 Å². The lowest BCUT2D eigenvalue weighted by atomic mass is 10.3. The van der Waals surface area contributed by atoms with Crippen LogP contribution < -0.4 is 0 Å². The molecule has 0 unspecified atom stereocenters. The summed E-state index contributed by atoms with van der Waals surface area (Å²) in [5.41, 5.74) is 7.80. The molecule has 0 atom stereocenters. The molecule has 1 heterocycles. The Bertz CT molecular complexity index is 430. The number of carboxylic acids is 1. The first-order valence-corrected chi connectivity index (χ1v) is 5.00. The minimum absolute atomic E-state index is 0.318. The summed E-state index contributed by atoms with van der Waals surface area (Å²) in [5, 5.41) is 11.7. The van der Waals surface area contributed by atoms with Crippen molar-refractivity contribution in [3.8, 4) is 0 Å². The normalized spacial score (nSPS) is 10.8. The van der Waals surface area contributed by atoms with Gasteiger partial charge in [0.2, 0.25) is 0 Å². The number of hydrogen-bond acceptors (Lipinski definition) is 3. The zero-order valence-corrected chi connectivity index (χ0v) is 9.12. The standard InChI is InChI=1S/C7H4BrN3O2S/c8-6-2-1-4(14-6)3-5(7(12)13)10-11-9/h1-3H,(H,12,13)/b5-3+. The van der Waals surface area contributed by atoms with E-state index >= 15 is 0 Å². The van der Waals surface area contributed by atoms with Crippen LogP contribution in [0.3, 0.4) is 0 Å². The summed E-state index contributed by atoms with van der Waals surface area (Å²) in [6, 6.07) is 3.51. The molecular weight excluding hydrogens is 270 g/mol. The maximum Gasteiger partial charge on any atom is 0.338 e. The number of azide groups is 1. The van der Waals surface area contributed by atoms with E-state index in [0.29, 0.717) is 4.88 Å². The van der Waals surface area contributed by atoms with Crippen molar-refractivity contribution in [3.63, 3.8) is 0 Å². The van der Waals surface area contributed by atoms with Crippen molar-refractivity contribution >= 4 is 39.3 Å². The Morgan fingerprint density at radius 3 is 2.86 bits per heavy atom. The molecule has 0 bridgehead atoms. The number of carboxylic acid groups (broad SMARTS) is 1. The number of thiophene rings is 1. The second-order valence-electron chi connectivity index (χ2n) is 2.17. The summed E-state index contributed by atoms with van der Waals surface area (Å²) in [7, 11) is 0. The summed E-state index contributed by atoms with van der Waals surface area (Å²) >= 11 is 4.59. The Kier molecular flexibility index (Phi) is 3.70. The van der Waals surface area contributed by atoms with E-state index in [1.165, 1.54) is 17.4 Å². The van der Waals surface area contributed by atoms with Crippen molar-refractivity contribution in [2.24, 2.45) is 5.11 Å². The predicted octanol–water partition coefficient (Wildman–Crippen LogP) is 3.25. The molecule has 0 aliphatic heterocycles. The third-order valence-electron chi connectivity index (χ3n) is 1.24. The van der Waals surface area contributed by atoms with Crippen LogP contribution in [0.5, 0.6) is 0 Å². The van der Waals surface area contributed by atoms with E-state index in [2.05, 4.69) is 26.0 Å². The molecule has 0 aliphatic carbocycles. The van der Waals surface area contributed by atoms with Crippen LogP contribution in [0.4, 0.5) is 0 Å². The average molecular weight is 274 g/mol. The van der Waals surface area contributed by atoms with Crippen molar-refractivity contribution in [1.82, 2.24) is 0 Å². The molecule has 0 amide bonds. The van der Waals surface area contributed by atoms with Crippen LogP contribution in [0.15, 0.2) is 26.7 Å². The van der Waals surface area contributed by atoms with Crippen LogP contribution in [0, 0.1) is 0 Å². The van der Waals surface area contributed by atoms with Crippen LogP contribution >= 0.6 is 27.3 Å². The van der Waals surface area contributed by atoms with Gasteiger partial charge in [-0.1, -0.05) is 5.11 Å². The first-order chi connectivity index (χ1) is 6.63. The summed E-state index contributed by atoms with van der Waals surface area (Å²) in [6.45, 7) is 0. The van der Waals surface area contributed by atoms with E-state index in [4.69, 9.17) is 10.6 Å². The van der Waals surface area contributed by atoms with Gasteiger partial charge in [-0.15, -0.1) is 11.3 Å². The van der Waals surface area contributed by atoms with Gasteiger partial charge in [-0.05, 0) is 39.7 Å². The molecule has 1 aromatic rings. The maximum absolute atomic E-state index is 10.6. The Labute approximate surface area is 91.4 Å². The Hall–Kier alpha value is -1.30. The SMILES string of the molecule is [N-]=[N+]=N/C(=C/c1ccc(Br)s1)C(=O)O. The molecule has 14 heavy (non-hydrogen) atoms. The van der Waals surface area contributed by atoms with Crippen molar-refractivity contribution in [2.75, 3.05) is 0 Å². The Morgan fingerprint density at radius 1 is 1.71 bits per heavy atom. The zero-order chi connectivity index (χ0) is 10.6. The highest BCUT2D eigenvalue weighted by molar-refractivity contribution is 9.11. The molecule has 1 aromatic heterocycles. The Balaban J connectivity index is 3.04. The monoisotopic (exact) mass is 273 g/mol. The maximum atomic E-state index is 10.6. The molecule has 0 radical (unpaired) electrons. The number of halogens is 1. The summed E-state index contributed by atoms with van der Waals surface area (Å²) in [6.07, 6.45) is 1.32. The molecule has 0 aliphatic rings. The van der Waals surface area contributed by atoms with Gasteiger partial charge in [-0.3, -0.25) is 0 Å². The van der Waals surface area contributed by atoms with Crippen LogP contribution in [0.25, 0.3) is 16.5 Å². The summed E-state index contributed by atoms with van der Waals surface area (Å²) in [4.78, 5) is 13.7. The van der Waals surface area contributed by atoms with Gasteiger partial charge in [0.05, 0.1) is 3.79 Å². The number of aliphatic carboxylic acids is 1. The van der Waals surface area contributed by atoms with Crippen LogP contribution in [-0.4, -0.2) is 11.1 Å². The molecule has 5 nitrogen and oxygen atoms in total. The molecule has 7 heteroatoms. The van der Waals surface area contributed by atoms with Gasteiger partial charge in [0.25, 0.3) is 0 Å².